The van der Waals surface area contributed by atoms with Gasteiger partial charge in [-0.3, -0.25) is 4.79 Å². The highest BCUT2D eigenvalue weighted by molar-refractivity contribution is 6.12. The maximum absolute atomic E-state index is 13.5. The lowest BCUT2D eigenvalue weighted by Gasteiger charge is -2.20. The topological polar surface area (TPSA) is 17.1 Å². The fourth-order valence-corrected chi connectivity index (χ4v) is 4.33. The molecule has 0 spiro atoms. The summed E-state index contributed by atoms with van der Waals surface area (Å²) in [4.78, 5) is 13.5. The van der Waals surface area contributed by atoms with E-state index in [-0.39, 0.29) is 11.7 Å². The molecule has 4 aromatic rings. The van der Waals surface area contributed by atoms with Gasteiger partial charge in [-0.2, -0.15) is 0 Å². The van der Waals surface area contributed by atoms with Gasteiger partial charge in [0.25, 0.3) is 0 Å². The first kappa shape index (κ1) is 16.7. The highest BCUT2D eigenvalue weighted by atomic mass is 16.1. The molecule has 1 aliphatic rings. The summed E-state index contributed by atoms with van der Waals surface area (Å²) < 4.78 is 0. The molecule has 1 atom stereocenters. The zero-order valence-electron chi connectivity index (χ0n) is 15.7. The number of fused-ring (bicyclic) bond motifs is 2. The molecule has 0 aliphatic heterocycles. The molecule has 0 saturated carbocycles. The van der Waals surface area contributed by atoms with Crippen molar-refractivity contribution in [2.45, 2.75) is 12.8 Å². The van der Waals surface area contributed by atoms with Gasteiger partial charge >= 0.3 is 0 Å². The third-order valence-corrected chi connectivity index (χ3v) is 5.65. The van der Waals surface area contributed by atoms with Gasteiger partial charge in [-0.15, -0.1) is 0 Å². The fourth-order valence-electron chi connectivity index (χ4n) is 4.33. The summed E-state index contributed by atoms with van der Waals surface area (Å²) in [6.07, 6.45) is 2.24. The van der Waals surface area contributed by atoms with Crippen molar-refractivity contribution in [3.63, 3.8) is 0 Å². The van der Waals surface area contributed by atoms with Gasteiger partial charge in [0.1, 0.15) is 0 Å². The molecule has 0 bridgehead atoms. The molecule has 134 valence electrons. The number of benzene rings is 4. The normalized spacial score (nSPS) is 15.3. The van der Waals surface area contributed by atoms with Gasteiger partial charge in [0.15, 0.2) is 5.78 Å². The quantitative estimate of drug-likeness (QED) is 0.375. The number of carbonyl (C=O) groups is 1. The highest BCUT2D eigenvalue weighted by Gasteiger charge is 2.28. The van der Waals surface area contributed by atoms with E-state index in [1.54, 1.807) is 0 Å². The van der Waals surface area contributed by atoms with Gasteiger partial charge in [0.05, 0.1) is 0 Å². The van der Waals surface area contributed by atoms with Crippen LogP contribution in [-0.4, -0.2) is 5.78 Å². The van der Waals surface area contributed by atoms with Gasteiger partial charge in [-0.1, -0.05) is 90.5 Å². The van der Waals surface area contributed by atoms with Crippen molar-refractivity contribution in [3.8, 4) is 0 Å². The molecule has 1 unspecified atom stereocenters. The average Bonchev–Trinajstić information content (AvgIpc) is 3.08. The number of hydrogen-bond donors (Lipinski definition) is 0. The molecule has 0 fully saturated rings. The zero-order valence-corrected chi connectivity index (χ0v) is 15.7. The summed E-state index contributed by atoms with van der Waals surface area (Å²) in [6, 6.07) is 30.6. The number of hydrogen-bond acceptors (Lipinski definition) is 1. The highest BCUT2D eigenvalue weighted by Crippen LogP contribution is 2.43. The van der Waals surface area contributed by atoms with Gasteiger partial charge in [0, 0.05) is 17.0 Å². The van der Waals surface area contributed by atoms with Crippen molar-refractivity contribution in [3.05, 3.63) is 124 Å². The Labute approximate surface area is 165 Å². The van der Waals surface area contributed by atoms with Crippen LogP contribution in [0.3, 0.4) is 0 Å². The van der Waals surface area contributed by atoms with Crippen LogP contribution in [0.25, 0.3) is 16.8 Å². The van der Waals surface area contributed by atoms with Gasteiger partial charge < -0.3 is 0 Å². The second-order valence-corrected chi connectivity index (χ2v) is 7.43. The van der Waals surface area contributed by atoms with Crippen LogP contribution in [-0.2, 0) is 0 Å². The first-order chi connectivity index (χ1) is 13.7. The summed E-state index contributed by atoms with van der Waals surface area (Å²) in [5, 5.41) is 2.26. The van der Waals surface area contributed by atoms with Crippen molar-refractivity contribution in [1.82, 2.24) is 0 Å². The second-order valence-electron chi connectivity index (χ2n) is 7.43. The molecule has 0 radical (unpaired) electrons. The third kappa shape index (κ3) is 2.68. The van der Waals surface area contributed by atoms with Crippen LogP contribution in [0.5, 0.6) is 0 Å². The van der Waals surface area contributed by atoms with E-state index in [1.165, 1.54) is 22.1 Å². The van der Waals surface area contributed by atoms with Crippen LogP contribution in [0.4, 0.5) is 0 Å². The van der Waals surface area contributed by atoms with Crippen LogP contribution in [0, 0.1) is 0 Å². The molecule has 4 aromatic carbocycles. The van der Waals surface area contributed by atoms with Crippen LogP contribution in [0.1, 0.15) is 45.5 Å². The SMILES string of the molecule is CC1=Cc2ccccc2C1c1cc2ccccc2cc1C(=O)c1ccccc1. The van der Waals surface area contributed by atoms with Crippen molar-refractivity contribution in [2.24, 2.45) is 0 Å². The number of carbonyl (C=O) groups excluding carboxylic acids is 1. The van der Waals surface area contributed by atoms with Crippen LogP contribution in [0.15, 0.2) is 96.6 Å². The van der Waals surface area contributed by atoms with E-state index in [0.29, 0.717) is 0 Å². The van der Waals surface area contributed by atoms with Crippen LogP contribution >= 0.6 is 0 Å². The fraction of sp³-hybridized carbons (Fsp3) is 0.0741. The molecule has 0 aromatic heterocycles. The van der Waals surface area contributed by atoms with E-state index in [9.17, 15) is 4.79 Å². The number of rotatable bonds is 3. The van der Waals surface area contributed by atoms with Gasteiger partial charge in [-0.05, 0) is 46.5 Å². The molecule has 0 N–H and O–H groups in total. The maximum Gasteiger partial charge on any atom is 0.193 e. The number of allylic oxidation sites excluding steroid dienone is 1. The van der Waals surface area contributed by atoms with E-state index < -0.39 is 0 Å². The molecule has 28 heavy (non-hydrogen) atoms. The van der Waals surface area contributed by atoms with Gasteiger partial charge in [0.2, 0.25) is 0 Å². The molecule has 0 saturated heterocycles. The summed E-state index contributed by atoms with van der Waals surface area (Å²) >= 11 is 0. The van der Waals surface area contributed by atoms with Gasteiger partial charge in [-0.25, -0.2) is 0 Å². The van der Waals surface area contributed by atoms with Crippen molar-refractivity contribution in [1.29, 1.82) is 0 Å². The molecule has 1 heteroatoms. The Bertz CT molecular complexity index is 1230. The molecule has 0 heterocycles. The van der Waals surface area contributed by atoms with E-state index in [1.807, 2.05) is 36.4 Å². The summed E-state index contributed by atoms with van der Waals surface area (Å²) in [5.74, 6) is 0.196. The largest absolute Gasteiger partial charge is 0.289 e. The summed E-state index contributed by atoms with van der Waals surface area (Å²) in [7, 11) is 0. The Balaban J connectivity index is 1.76. The Kier molecular flexibility index (Phi) is 3.95. The van der Waals surface area contributed by atoms with E-state index >= 15 is 0 Å². The molecule has 1 aliphatic carbocycles. The molecular formula is C27H20O. The lowest BCUT2D eigenvalue weighted by molar-refractivity contribution is 0.103. The monoisotopic (exact) mass is 360 g/mol. The zero-order chi connectivity index (χ0) is 19.1. The van der Waals surface area contributed by atoms with E-state index in [2.05, 4.69) is 67.6 Å². The molecular weight excluding hydrogens is 340 g/mol. The summed E-state index contributed by atoms with van der Waals surface area (Å²) in [5.41, 5.74) is 6.41. The number of ketones is 1. The maximum atomic E-state index is 13.5. The lowest BCUT2D eigenvalue weighted by Crippen LogP contribution is -2.10. The third-order valence-electron chi connectivity index (χ3n) is 5.65. The minimum absolute atomic E-state index is 0.0820. The molecule has 0 amide bonds. The summed E-state index contributed by atoms with van der Waals surface area (Å²) in [6.45, 7) is 2.16. The average molecular weight is 360 g/mol. The Morgan fingerprint density at radius 3 is 2.14 bits per heavy atom. The Morgan fingerprint density at radius 2 is 1.36 bits per heavy atom. The van der Waals surface area contributed by atoms with Crippen LogP contribution in [0.2, 0.25) is 0 Å². The molecule has 5 rings (SSSR count). The molecule has 1 nitrogen and oxygen atoms in total. The Hall–Kier alpha value is -3.45. The van der Waals surface area contributed by atoms with Crippen LogP contribution < -0.4 is 0 Å². The Morgan fingerprint density at radius 1 is 0.714 bits per heavy atom. The lowest BCUT2D eigenvalue weighted by atomic mass is 9.82. The van der Waals surface area contributed by atoms with E-state index in [4.69, 9.17) is 0 Å². The van der Waals surface area contributed by atoms with Crippen molar-refractivity contribution in [2.75, 3.05) is 0 Å². The van der Waals surface area contributed by atoms with E-state index in [0.717, 1.165) is 22.1 Å². The minimum Gasteiger partial charge on any atom is -0.289 e. The minimum atomic E-state index is 0.0820. The second kappa shape index (κ2) is 6.61. The van der Waals surface area contributed by atoms with Crippen molar-refractivity contribution >= 4 is 22.6 Å². The first-order valence-corrected chi connectivity index (χ1v) is 9.62. The smallest absolute Gasteiger partial charge is 0.193 e. The van der Waals surface area contributed by atoms with Crippen molar-refractivity contribution < 1.29 is 4.79 Å². The first-order valence-electron chi connectivity index (χ1n) is 9.62. The standard InChI is InChI=1S/C27H20O/c1-18-15-22-13-7-8-14-23(22)26(18)24-16-20-11-5-6-12-21(20)17-25(24)27(28)19-9-3-2-4-10-19/h2-17,26H,1H3. The predicted octanol–water partition coefficient (Wildman–Crippen LogP) is 6.62. The predicted molar refractivity (Wildman–Crippen MR) is 116 cm³/mol.